The van der Waals surface area contributed by atoms with Gasteiger partial charge in [-0.05, 0) is 120 Å². The summed E-state index contributed by atoms with van der Waals surface area (Å²) in [5, 5.41) is 17.6. The lowest BCUT2D eigenvalue weighted by Gasteiger charge is -2.35. The fraction of sp³-hybridized carbons (Fsp3) is 0.463. The van der Waals surface area contributed by atoms with Gasteiger partial charge in [0.1, 0.15) is 23.4 Å². The van der Waals surface area contributed by atoms with Gasteiger partial charge in [-0.25, -0.2) is 4.98 Å². The van der Waals surface area contributed by atoms with Crippen LogP contribution in [0.2, 0.25) is 0 Å². The third kappa shape index (κ3) is 9.02. The zero-order valence-electron chi connectivity index (χ0n) is 32.7. The minimum Gasteiger partial charge on any atom is -0.493 e. The molecule has 58 heavy (non-hydrogen) atoms. The molecule has 0 spiro atoms. The van der Waals surface area contributed by atoms with Crippen LogP contribution in [-0.4, -0.2) is 76.3 Å². The number of aromatic nitrogens is 1. The van der Waals surface area contributed by atoms with Crippen molar-refractivity contribution in [2.45, 2.75) is 95.5 Å². The number of nitrogens with one attached hydrogen (secondary N) is 3. The Hall–Kier alpha value is -5.34. The average Bonchev–Trinajstić information content (AvgIpc) is 3.37. The molecular weight excluding hydrogens is 774 g/mol. The summed E-state index contributed by atoms with van der Waals surface area (Å²) in [6.45, 7) is 9.24. The number of hydrogen-bond acceptors (Lipinski definition) is 11. The molecule has 2 aromatic carbocycles. The monoisotopic (exact) mass is 820 g/mol. The predicted octanol–water partition coefficient (Wildman–Crippen LogP) is 6.10. The molecule has 3 aromatic rings. The molecule has 13 nitrogen and oxygen atoms in total. The highest BCUT2D eigenvalue weighted by Gasteiger charge is 2.52. The number of carbonyl (C=O) groups is 4. The summed E-state index contributed by atoms with van der Waals surface area (Å²) < 4.78 is 47.5. The lowest BCUT2D eigenvalue weighted by molar-refractivity contribution is -0.138. The molecule has 3 fully saturated rings. The third-order valence-electron chi connectivity index (χ3n) is 11.1. The number of amides is 4. The second kappa shape index (κ2) is 17.3. The highest BCUT2D eigenvalue weighted by Crippen LogP contribution is 2.43. The third-order valence-corrected chi connectivity index (χ3v) is 11.6. The molecule has 3 aliphatic rings. The maximum Gasteiger partial charge on any atom is 0.419 e. The van der Waals surface area contributed by atoms with Crippen LogP contribution in [0.15, 0.2) is 54.7 Å². The molecule has 17 heteroatoms. The van der Waals surface area contributed by atoms with Crippen LogP contribution >= 0.6 is 12.6 Å². The first-order valence-corrected chi connectivity index (χ1v) is 19.8. The number of anilines is 4. The van der Waals surface area contributed by atoms with E-state index in [9.17, 15) is 37.6 Å². The van der Waals surface area contributed by atoms with Crippen LogP contribution in [0.5, 0.6) is 5.75 Å². The smallest absolute Gasteiger partial charge is 0.419 e. The Labute approximate surface area is 340 Å². The van der Waals surface area contributed by atoms with Crippen LogP contribution < -0.4 is 30.5 Å². The maximum absolute atomic E-state index is 13.7. The van der Waals surface area contributed by atoms with Crippen molar-refractivity contribution in [1.82, 2.24) is 15.2 Å². The zero-order valence-corrected chi connectivity index (χ0v) is 33.6. The summed E-state index contributed by atoms with van der Waals surface area (Å²) in [4.78, 5) is 59.3. The number of carbonyl (C=O) groups excluding carboxylic acids is 4. The molecule has 0 aliphatic carbocycles. The molecule has 0 bridgehead atoms. The first-order valence-electron chi connectivity index (χ1n) is 19.3. The van der Waals surface area contributed by atoms with Crippen molar-refractivity contribution in [3.63, 3.8) is 0 Å². The van der Waals surface area contributed by atoms with E-state index in [0.29, 0.717) is 48.2 Å². The summed E-state index contributed by atoms with van der Waals surface area (Å²) in [7, 11) is 0. The second-order valence-electron chi connectivity index (χ2n) is 15.3. The van der Waals surface area contributed by atoms with Gasteiger partial charge < -0.3 is 20.3 Å². The van der Waals surface area contributed by atoms with E-state index in [0.717, 1.165) is 55.1 Å². The number of likely N-dealkylation sites (tertiary alicyclic amines) is 1. The molecule has 4 heterocycles. The van der Waals surface area contributed by atoms with Crippen molar-refractivity contribution >= 4 is 59.0 Å². The fourth-order valence-corrected chi connectivity index (χ4v) is 8.39. The van der Waals surface area contributed by atoms with Crippen molar-refractivity contribution < 1.29 is 37.1 Å². The van der Waals surface area contributed by atoms with Gasteiger partial charge in [-0.2, -0.15) is 18.4 Å². The van der Waals surface area contributed by atoms with Gasteiger partial charge >= 0.3 is 6.18 Å². The molecule has 3 atom stereocenters. The van der Waals surface area contributed by atoms with Crippen LogP contribution in [0.1, 0.15) is 76.6 Å². The molecule has 3 N–H and O–H groups in total. The van der Waals surface area contributed by atoms with E-state index in [1.807, 2.05) is 32.0 Å². The first kappa shape index (κ1) is 42.3. The number of halogens is 3. The number of imide groups is 1. The number of alkyl halides is 3. The van der Waals surface area contributed by atoms with Gasteiger partial charge in [-0.15, -0.1) is 12.6 Å². The minimum absolute atomic E-state index is 0.116. The summed E-state index contributed by atoms with van der Waals surface area (Å²) in [5.74, 6) is -0.138. The van der Waals surface area contributed by atoms with Crippen LogP contribution in [0.25, 0.3) is 0 Å². The molecule has 3 aliphatic heterocycles. The second-order valence-corrected chi connectivity index (χ2v) is 15.8. The number of benzene rings is 2. The molecule has 1 aromatic heterocycles. The number of hydrogen-bond donors (Lipinski definition) is 4. The van der Waals surface area contributed by atoms with E-state index in [1.165, 1.54) is 6.07 Å². The van der Waals surface area contributed by atoms with Gasteiger partial charge in [0, 0.05) is 23.5 Å². The van der Waals surface area contributed by atoms with E-state index in [-0.39, 0.29) is 35.9 Å². The summed E-state index contributed by atoms with van der Waals surface area (Å²) in [6, 6.07) is 14.1. The van der Waals surface area contributed by atoms with Crippen molar-refractivity contribution in [2.75, 3.05) is 40.1 Å². The minimum atomic E-state index is -4.84. The van der Waals surface area contributed by atoms with Crippen molar-refractivity contribution in [2.24, 2.45) is 5.92 Å². The van der Waals surface area contributed by atoms with Crippen LogP contribution in [0, 0.1) is 17.2 Å². The SMILES string of the molecule is CCc1cc(N2[C@@H](S)N(c3cnc(C#N)c(C(F)(F)F)c3)C(=O)C2(C)C)ccc1OCCC1CCN([C@H](C)C(=O)Nc2cccc(N[C@H]3CCC(=O)NC3=O)c2)CC1. The quantitative estimate of drug-likeness (QED) is 0.124. The van der Waals surface area contributed by atoms with Crippen LogP contribution in [0.4, 0.5) is 35.9 Å². The molecule has 0 saturated carbocycles. The van der Waals surface area contributed by atoms with Crippen LogP contribution in [0.3, 0.4) is 0 Å². The normalized spacial score (nSPS) is 20.7. The van der Waals surface area contributed by atoms with E-state index in [1.54, 1.807) is 43.0 Å². The highest BCUT2D eigenvalue weighted by molar-refractivity contribution is 7.81. The number of rotatable bonds is 12. The van der Waals surface area contributed by atoms with Gasteiger partial charge in [0.05, 0.1) is 30.1 Å². The maximum atomic E-state index is 13.7. The number of aryl methyl sites for hydroxylation is 1. The average molecular weight is 821 g/mol. The predicted molar refractivity (Wildman–Crippen MR) is 215 cm³/mol. The van der Waals surface area contributed by atoms with Crippen molar-refractivity contribution in [3.05, 3.63) is 71.5 Å². The van der Waals surface area contributed by atoms with E-state index in [2.05, 4.69) is 25.8 Å². The number of nitrogens with zero attached hydrogens (tertiary/aromatic N) is 5. The Bertz CT molecular complexity index is 2100. The molecule has 4 amide bonds. The molecule has 6 rings (SSSR count). The van der Waals surface area contributed by atoms with Crippen molar-refractivity contribution in [3.8, 4) is 11.8 Å². The van der Waals surface area contributed by atoms with Gasteiger partial charge in [0.15, 0.2) is 11.2 Å². The number of piperidine rings is 2. The van der Waals surface area contributed by atoms with Crippen molar-refractivity contribution in [1.29, 1.82) is 5.26 Å². The number of nitriles is 1. The Balaban J connectivity index is 1.01. The molecule has 0 unspecified atom stereocenters. The standard InChI is InChI=1S/C41H47F3N8O5S/c1-5-26-19-29(52-39(58)51(38(56)40(52,3)4)30-21-31(41(42,43)44)33(22-45)46-23-30)9-11-34(26)57-18-15-25-13-16-50(17-14-25)24(2)36(54)48-28-8-6-7-27(20-28)47-32-10-12-35(53)49-37(32)55/h6-9,11,19-21,23-25,32,39,47,58H,5,10,12-18H2,1-4H3,(H,48,54)(H,49,53,55)/t24-,32+,39+/m1/s1. The summed E-state index contributed by atoms with van der Waals surface area (Å²) >= 11 is 4.70. The van der Waals surface area contributed by atoms with Gasteiger partial charge in [0.2, 0.25) is 17.7 Å². The number of pyridine rings is 1. The Morgan fingerprint density at radius 3 is 2.48 bits per heavy atom. The molecule has 3 saturated heterocycles. The van der Waals surface area contributed by atoms with E-state index < -0.39 is 40.4 Å². The largest absolute Gasteiger partial charge is 0.493 e. The summed E-state index contributed by atoms with van der Waals surface area (Å²) in [6.07, 6.45) is 0.172. The van der Waals surface area contributed by atoms with E-state index >= 15 is 0 Å². The lowest BCUT2D eigenvalue weighted by Crippen LogP contribution is -2.47. The Morgan fingerprint density at radius 1 is 1.09 bits per heavy atom. The van der Waals surface area contributed by atoms with E-state index in [4.69, 9.17) is 17.4 Å². The molecule has 0 radical (unpaired) electrons. The zero-order chi connectivity index (χ0) is 41.9. The number of thiol groups is 1. The molecule has 308 valence electrons. The Kier molecular flexibility index (Phi) is 12.6. The van der Waals surface area contributed by atoms with Gasteiger partial charge in [-0.3, -0.25) is 34.3 Å². The van der Waals surface area contributed by atoms with Gasteiger partial charge in [-0.1, -0.05) is 13.0 Å². The number of ether oxygens (including phenoxy) is 1. The highest BCUT2D eigenvalue weighted by atomic mass is 32.1. The lowest BCUT2D eigenvalue weighted by atomic mass is 9.93. The van der Waals surface area contributed by atoms with Crippen LogP contribution in [-0.2, 0) is 31.8 Å². The first-order chi connectivity index (χ1) is 27.5. The van der Waals surface area contributed by atoms with Gasteiger partial charge in [0.25, 0.3) is 5.91 Å². The summed E-state index contributed by atoms with van der Waals surface area (Å²) in [5.41, 5.74) is -1.45. The Morgan fingerprint density at radius 2 is 1.81 bits per heavy atom. The fourth-order valence-electron chi connectivity index (χ4n) is 7.73. The topological polar surface area (TPSA) is 160 Å². The molecular formula is C41H47F3N8O5S.